The summed E-state index contributed by atoms with van der Waals surface area (Å²) in [5, 5.41) is 0. The van der Waals surface area contributed by atoms with E-state index in [0.29, 0.717) is 0 Å². The molecule has 0 spiro atoms. The largest absolute Gasteiger partial charge is 0.398 e. The summed E-state index contributed by atoms with van der Waals surface area (Å²) in [5.41, 5.74) is 17.3. The minimum absolute atomic E-state index is 0.869. The molecule has 0 saturated heterocycles. The molecule has 1 aromatic carbocycles. The van der Waals surface area contributed by atoms with E-state index in [9.17, 15) is 0 Å². The molecular formula is C13H22N2. The maximum Gasteiger partial charge on any atom is 0.0380 e. The minimum atomic E-state index is 0.869. The first kappa shape index (κ1) is 11.9. The van der Waals surface area contributed by atoms with Gasteiger partial charge in [-0.15, -0.1) is 0 Å². The molecular weight excluding hydrogens is 184 g/mol. The van der Waals surface area contributed by atoms with Crippen molar-refractivity contribution in [1.29, 1.82) is 0 Å². The number of nitrogen functional groups attached to an aromatic ring is 2. The van der Waals surface area contributed by atoms with E-state index in [0.717, 1.165) is 28.9 Å². The van der Waals surface area contributed by atoms with Crippen LogP contribution in [-0.2, 0) is 6.42 Å². The van der Waals surface area contributed by atoms with Crippen LogP contribution in [0.2, 0.25) is 0 Å². The first-order valence-corrected chi connectivity index (χ1v) is 5.72. The Balaban J connectivity index is 2.94. The topological polar surface area (TPSA) is 52.0 Å². The average molecular weight is 206 g/mol. The normalized spacial score (nSPS) is 10.6. The molecule has 0 aliphatic heterocycles. The highest BCUT2D eigenvalue weighted by Crippen LogP contribution is 2.27. The molecule has 0 fully saturated rings. The Bertz CT molecular complexity index is 317. The van der Waals surface area contributed by atoms with E-state index in [1.807, 2.05) is 13.0 Å². The number of hydrogen-bond acceptors (Lipinski definition) is 2. The fourth-order valence-electron chi connectivity index (χ4n) is 1.91. The van der Waals surface area contributed by atoms with Crippen molar-refractivity contribution in [2.45, 2.75) is 46.5 Å². The molecule has 0 bridgehead atoms. The molecule has 2 nitrogen and oxygen atoms in total. The lowest BCUT2D eigenvalue weighted by Gasteiger charge is -2.14. The average Bonchev–Trinajstić information content (AvgIpc) is 2.20. The summed E-state index contributed by atoms with van der Waals surface area (Å²) in [4.78, 5) is 0. The molecule has 4 N–H and O–H groups in total. The van der Waals surface area contributed by atoms with Crippen LogP contribution in [0.4, 0.5) is 11.4 Å². The zero-order valence-corrected chi connectivity index (χ0v) is 10.1. The van der Waals surface area contributed by atoms with Gasteiger partial charge in [-0.25, -0.2) is 0 Å². The summed E-state index contributed by atoms with van der Waals surface area (Å²) in [5.74, 6) is 0. The number of hydrogen-bond donors (Lipinski definition) is 2. The lowest BCUT2D eigenvalue weighted by atomic mass is 9.96. The molecule has 0 saturated carbocycles. The van der Waals surface area contributed by atoms with Gasteiger partial charge in [-0.2, -0.15) is 0 Å². The fourth-order valence-corrected chi connectivity index (χ4v) is 1.91. The molecule has 2 heteroatoms. The van der Waals surface area contributed by atoms with Crippen LogP contribution >= 0.6 is 0 Å². The lowest BCUT2D eigenvalue weighted by molar-refractivity contribution is 0.716. The van der Waals surface area contributed by atoms with E-state index in [2.05, 4.69) is 13.8 Å². The monoisotopic (exact) mass is 206 g/mol. The lowest BCUT2D eigenvalue weighted by Crippen LogP contribution is -2.04. The second-order valence-electron chi connectivity index (χ2n) is 4.26. The SMILES string of the molecule is CCCCCc1c(C)c(N)cc(C)c1N. The number of anilines is 2. The highest BCUT2D eigenvalue weighted by Gasteiger charge is 2.08. The van der Waals surface area contributed by atoms with Crippen molar-refractivity contribution in [3.63, 3.8) is 0 Å². The molecule has 0 aliphatic rings. The van der Waals surface area contributed by atoms with Gasteiger partial charge in [0.15, 0.2) is 0 Å². The molecule has 15 heavy (non-hydrogen) atoms. The Kier molecular flexibility index (Phi) is 4.01. The molecule has 0 aromatic heterocycles. The predicted octanol–water partition coefficient (Wildman–Crippen LogP) is 3.20. The molecule has 0 radical (unpaired) electrons. The molecule has 0 atom stereocenters. The van der Waals surface area contributed by atoms with Crippen LogP contribution in [0, 0.1) is 13.8 Å². The van der Waals surface area contributed by atoms with Crippen LogP contribution in [-0.4, -0.2) is 0 Å². The Morgan fingerprint density at radius 1 is 1.13 bits per heavy atom. The van der Waals surface area contributed by atoms with E-state index in [1.54, 1.807) is 0 Å². The Morgan fingerprint density at radius 2 is 1.80 bits per heavy atom. The minimum Gasteiger partial charge on any atom is -0.398 e. The molecule has 1 rings (SSSR count). The first-order valence-electron chi connectivity index (χ1n) is 5.72. The van der Waals surface area contributed by atoms with E-state index >= 15 is 0 Å². The highest BCUT2D eigenvalue weighted by atomic mass is 14.6. The number of aryl methyl sites for hydroxylation is 1. The molecule has 0 heterocycles. The Hall–Kier alpha value is -1.18. The van der Waals surface area contributed by atoms with Gasteiger partial charge >= 0.3 is 0 Å². The quantitative estimate of drug-likeness (QED) is 0.587. The van der Waals surface area contributed by atoms with Gasteiger partial charge < -0.3 is 11.5 Å². The van der Waals surface area contributed by atoms with Gasteiger partial charge in [-0.3, -0.25) is 0 Å². The van der Waals surface area contributed by atoms with Crippen molar-refractivity contribution in [1.82, 2.24) is 0 Å². The predicted molar refractivity (Wildman–Crippen MR) is 68.0 cm³/mol. The van der Waals surface area contributed by atoms with Gasteiger partial charge in [-0.05, 0) is 49.4 Å². The summed E-state index contributed by atoms with van der Waals surface area (Å²) >= 11 is 0. The first-order chi connectivity index (χ1) is 7.07. The van der Waals surface area contributed by atoms with Crippen LogP contribution in [0.1, 0.15) is 42.9 Å². The number of nitrogens with two attached hydrogens (primary N) is 2. The van der Waals surface area contributed by atoms with Crippen LogP contribution < -0.4 is 11.5 Å². The van der Waals surface area contributed by atoms with Gasteiger partial charge in [0, 0.05) is 11.4 Å². The molecule has 84 valence electrons. The molecule has 0 aliphatic carbocycles. The molecule has 0 amide bonds. The van der Waals surface area contributed by atoms with Crippen molar-refractivity contribution in [3.8, 4) is 0 Å². The fraction of sp³-hybridized carbons (Fsp3) is 0.538. The van der Waals surface area contributed by atoms with E-state index in [1.165, 1.54) is 24.8 Å². The van der Waals surface area contributed by atoms with E-state index in [4.69, 9.17) is 11.5 Å². The zero-order chi connectivity index (χ0) is 11.4. The van der Waals surface area contributed by atoms with Crippen LogP contribution in [0.5, 0.6) is 0 Å². The maximum atomic E-state index is 6.08. The summed E-state index contributed by atoms with van der Waals surface area (Å²) < 4.78 is 0. The third kappa shape index (κ3) is 2.65. The standard InChI is InChI=1S/C13H22N2/c1-4-5-6-7-11-10(3)12(14)8-9(2)13(11)15/h8H,4-7,14-15H2,1-3H3. The summed E-state index contributed by atoms with van der Waals surface area (Å²) in [7, 11) is 0. The summed E-state index contributed by atoms with van der Waals surface area (Å²) in [6.45, 7) is 6.29. The van der Waals surface area contributed by atoms with Crippen LogP contribution in [0.25, 0.3) is 0 Å². The zero-order valence-electron chi connectivity index (χ0n) is 10.1. The van der Waals surface area contributed by atoms with Crippen molar-refractivity contribution in [2.24, 2.45) is 0 Å². The number of benzene rings is 1. The molecule has 1 aromatic rings. The van der Waals surface area contributed by atoms with Gasteiger partial charge in [-0.1, -0.05) is 19.8 Å². The van der Waals surface area contributed by atoms with Gasteiger partial charge in [0.05, 0.1) is 0 Å². The third-order valence-corrected chi connectivity index (χ3v) is 3.04. The second-order valence-corrected chi connectivity index (χ2v) is 4.26. The van der Waals surface area contributed by atoms with E-state index < -0.39 is 0 Å². The van der Waals surface area contributed by atoms with Crippen molar-refractivity contribution in [2.75, 3.05) is 11.5 Å². The van der Waals surface area contributed by atoms with Gasteiger partial charge in [0.25, 0.3) is 0 Å². The van der Waals surface area contributed by atoms with Crippen LogP contribution in [0.3, 0.4) is 0 Å². The van der Waals surface area contributed by atoms with Gasteiger partial charge in [0.2, 0.25) is 0 Å². The van der Waals surface area contributed by atoms with Crippen molar-refractivity contribution < 1.29 is 0 Å². The number of rotatable bonds is 4. The smallest absolute Gasteiger partial charge is 0.0380 e. The summed E-state index contributed by atoms with van der Waals surface area (Å²) in [6, 6.07) is 1.97. The Morgan fingerprint density at radius 3 is 2.40 bits per heavy atom. The molecule has 0 unspecified atom stereocenters. The number of unbranched alkanes of at least 4 members (excludes halogenated alkanes) is 2. The maximum absolute atomic E-state index is 6.08. The van der Waals surface area contributed by atoms with Crippen molar-refractivity contribution >= 4 is 11.4 Å². The van der Waals surface area contributed by atoms with Gasteiger partial charge in [0.1, 0.15) is 0 Å². The third-order valence-electron chi connectivity index (χ3n) is 3.04. The highest BCUT2D eigenvalue weighted by molar-refractivity contribution is 5.65. The van der Waals surface area contributed by atoms with Crippen molar-refractivity contribution in [3.05, 3.63) is 22.8 Å². The Labute approximate surface area is 92.7 Å². The summed E-state index contributed by atoms with van der Waals surface area (Å²) in [6.07, 6.45) is 4.74. The van der Waals surface area contributed by atoms with E-state index in [-0.39, 0.29) is 0 Å². The second kappa shape index (κ2) is 5.06. The van der Waals surface area contributed by atoms with Crippen LogP contribution in [0.15, 0.2) is 6.07 Å².